The van der Waals surface area contributed by atoms with Gasteiger partial charge in [0.2, 0.25) is 21.9 Å². The summed E-state index contributed by atoms with van der Waals surface area (Å²) in [6.07, 6.45) is 5.14. The molecule has 4 rings (SSSR count). The zero-order valence-corrected chi connectivity index (χ0v) is 20.6. The summed E-state index contributed by atoms with van der Waals surface area (Å²) in [5.41, 5.74) is 0.536. The van der Waals surface area contributed by atoms with Gasteiger partial charge < -0.3 is 9.47 Å². The Bertz CT molecular complexity index is 1230. The Morgan fingerprint density at radius 1 is 1.21 bits per heavy atom. The molecule has 1 aliphatic rings. The standard InChI is InChI=1S/C21H26ClN7O4S/c1-13(18(33-3)19-23-10-15(22)11-24-19)34(30,31)28-21-27-26-20(29(21)12-14-6-4-7-14)16-8-5-9-17(25-16)32-2/h5,8-11,13-14,18H,4,6-7,12H2,1-3H3,(H,27,28). The first-order valence-corrected chi connectivity index (χ1v) is 12.7. The molecule has 0 bridgehead atoms. The smallest absolute Gasteiger partial charge is 0.240 e. The Morgan fingerprint density at radius 3 is 2.56 bits per heavy atom. The lowest BCUT2D eigenvalue weighted by molar-refractivity contribution is 0.0950. The van der Waals surface area contributed by atoms with Crippen LogP contribution in [0, 0.1) is 5.92 Å². The van der Waals surface area contributed by atoms with Crippen LogP contribution in [-0.4, -0.2) is 57.6 Å². The number of rotatable bonds is 10. The maximum Gasteiger partial charge on any atom is 0.240 e. The van der Waals surface area contributed by atoms with E-state index >= 15 is 0 Å². The molecule has 0 aliphatic heterocycles. The number of sulfonamides is 1. The molecule has 0 amide bonds. The van der Waals surface area contributed by atoms with Crippen molar-refractivity contribution in [3.05, 3.63) is 41.4 Å². The first-order valence-electron chi connectivity index (χ1n) is 10.8. The minimum Gasteiger partial charge on any atom is -0.481 e. The zero-order chi connectivity index (χ0) is 24.3. The SMILES string of the molecule is COc1cccc(-c2nnc(NS(=O)(=O)C(C)C(OC)c3ncc(Cl)cn3)n2CC2CCC2)n1. The summed E-state index contributed by atoms with van der Waals surface area (Å²) in [4.78, 5) is 12.7. The van der Waals surface area contributed by atoms with Gasteiger partial charge in [-0.15, -0.1) is 10.2 Å². The lowest BCUT2D eigenvalue weighted by Gasteiger charge is -2.27. The number of hydrogen-bond donors (Lipinski definition) is 1. The van der Waals surface area contributed by atoms with Crippen LogP contribution in [0.25, 0.3) is 11.5 Å². The average Bonchev–Trinajstić information content (AvgIpc) is 3.19. The van der Waals surface area contributed by atoms with Gasteiger partial charge in [-0.3, -0.25) is 9.29 Å². The molecule has 182 valence electrons. The minimum absolute atomic E-state index is 0.116. The van der Waals surface area contributed by atoms with Crippen molar-refractivity contribution in [1.29, 1.82) is 0 Å². The Balaban J connectivity index is 1.65. The molecule has 3 aromatic heterocycles. The van der Waals surface area contributed by atoms with Gasteiger partial charge in [-0.25, -0.2) is 23.4 Å². The second-order valence-electron chi connectivity index (χ2n) is 8.09. The largest absolute Gasteiger partial charge is 0.481 e. The van der Waals surface area contributed by atoms with Crippen LogP contribution in [0.1, 0.15) is 38.1 Å². The zero-order valence-electron chi connectivity index (χ0n) is 19.0. The fourth-order valence-corrected chi connectivity index (χ4v) is 4.93. The molecule has 1 N–H and O–H groups in total. The van der Waals surface area contributed by atoms with Crippen LogP contribution >= 0.6 is 11.6 Å². The van der Waals surface area contributed by atoms with Crippen molar-refractivity contribution in [2.45, 2.75) is 44.1 Å². The van der Waals surface area contributed by atoms with Crippen molar-refractivity contribution in [2.75, 3.05) is 18.9 Å². The van der Waals surface area contributed by atoms with E-state index in [1.807, 2.05) is 0 Å². The van der Waals surface area contributed by atoms with Crippen molar-refractivity contribution in [3.63, 3.8) is 0 Å². The van der Waals surface area contributed by atoms with Crippen molar-refractivity contribution >= 4 is 27.6 Å². The molecule has 1 fully saturated rings. The predicted molar refractivity (Wildman–Crippen MR) is 126 cm³/mol. The van der Waals surface area contributed by atoms with E-state index in [0.717, 1.165) is 19.3 Å². The number of aromatic nitrogens is 6. The lowest BCUT2D eigenvalue weighted by Crippen LogP contribution is -2.34. The quantitative estimate of drug-likeness (QED) is 0.439. The van der Waals surface area contributed by atoms with Crippen LogP contribution in [-0.2, 0) is 21.3 Å². The number of anilines is 1. The van der Waals surface area contributed by atoms with Crippen LogP contribution in [0.15, 0.2) is 30.6 Å². The molecule has 0 saturated heterocycles. The molecule has 2 unspecified atom stereocenters. The maximum absolute atomic E-state index is 13.3. The Hall–Kier alpha value is -2.83. The Labute approximate surface area is 203 Å². The summed E-state index contributed by atoms with van der Waals surface area (Å²) in [6.45, 7) is 2.09. The summed E-state index contributed by atoms with van der Waals surface area (Å²) >= 11 is 5.86. The van der Waals surface area contributed by atoms with Gasteiger partial charge in [0.05, 0.1) is 12.1 Å². The first-order chi connectivity index (χ1) is 16.3. The first kappa shape index (κ1) is 24.3. The molecule has 0 spiro atoms. The van der Waals surface area contributed by atoms with Gasteiger partial charge in [-0.2, -0.15) is 0 Å². The van der Waals surface area contributed by atoms with Gasteiger partial charge in [-0.05, 0) is 31.7 Å². The molecule has 3 heterocycles. The van der Waals surface area contributed by atoms with Gasteiger partial charge >= 0.3 is 0 Å². The van der Waals surface area contributed by atoms with E-state index in [2.05, 4.69) is 29.9 Å². The predicted octanol–water partition coefficient (Wildman–Crippen LogP) is 3.11. The number of pyridine rings is 1. The van der Waals surface area contributed by atoms with Gasteiger partial charge in [0, 0.05) is 32.1 Å². The molecule has 2 atom stereocenters. The number of hydrogen-bond acceptors (Lipinski definition) is 9. The van der Waals surface area contributed by atoms with E-state index < -0.39 is 21.4 Å². The molecular formula is C21H26ClN7O4S. The highest BCUT2D eigenvalue weighted by Crippen LogP contribution is 2.32. The molecule has 1 aliphatic carbocycles. The van der Waals surface area contributed by atoms with E-state index in [1.165, 1.54) is 33.5 Å². The van der Waals surface area contributed by atoms with Crippen molar-refractivity contribution in [3.8, 4) is 17.4 Å². The van der Waals surface area contributed by atoms with Crippen molar-refractivity contribution in [1.82, 2.24) is 29.7 Å². The van der Waals surface area contributed by atoms with Gasteiger partial charge in [-0.1, -0.05) is 24.1 Å². The number of methoxy groups -OCH3 is 2. The molecule has 34 heavy (non-hydrogen) atoms. The second kappa shape index (κ2) is 10.2. The molecular weight excluding hydrogens is 482 g/mol. The topological polar surface area (TPSA) is 134 Å². The minimum atomic E-state index is -3.97. The maximum atomic E-state index is 13.3. The molecule has 3 aromatic rings. The third kappa shape index (κ3) is 5.13. The molecule has 0 aromatic carbocycles. The number of halogens is 1. The monoisotopic (exact) mass is 507 g/mol. The highest BCUT2D eigenvalue weighted by atomic mass is 35.5. The third-order valence-corrected chi connectivity index (χ3v) is 7.76. The van der Waals surface area contributed by atoms with Gasteiger partial charge in [0.25, 0.3) is 0 Å². The fraction of sp³-hybridized carbons (Fsp3) is 0.476. The fourth-order valence-electron chi connectivity index (χ4n) is 3.69. The number of nitrogens with one attached hydrogen (secondary N) is 1. The van der Waals surface area contributed by atoms with Crippen LogP contribution in [0.4, 0.5) is 5.95 Å². The summed E-state index contributed by atoms with van der Waals surface area (Å²) in [5.74, 6) is 1.63. The molecule has 11 nitrogen and oxygen atoms in total. The van der Waals surface area contributed by atoms with Crippen LogP contribution in [0.5, 0.6) is 5.88 Å². The van der Waals surface area contributed by atoms with Gasteiger partial charge in [0.15, 0.2) is 11.6 Å². The Morgan fingerprint density at radius 2 is 1.94 bits per heavy atom. The Kier molecular flexibility index (Phi) is 7.29. The summed E-state index contributed by atoms with van der Waals surface area (Å²) in [5, 5.41) is 7.70. The average molecular weight is 508 g/mol. The van der Waals surface area contributed by atoms with E-state index in [0.29, 0.717) is 34.9 Å². The summed E-state index contributed by atoms with van der Waals surface area (Å²) < 4.78 is 41.6. The summed E-state index contributed by atoms with van der Waals surface area (Å²) in [6, 6.07) is 5.31. The van der Waals surface area contributed by atoms with E-state index in [1.54, 1.807) is 22.8 Å². The lowest BCUT2D eigenvalue weighted by atomic mass is 9.85. The van der Waals surface area contributed by atoms with Crippen LogP contribution in [0.2, 0.25) is 5.02 Å². The number of nitrogens with zero attached hydrogens (tertiary/aromatic N) is 6. The number of ether oxygens (including phenoxy) is 2. The van der Waals surface area contributed by atoms with E-state index in [4.69, 9.17) is 21.1 Å². The van der Waals surface area contributed by atoms with Crippen molar-refractivity contribution < 1.29 is 17.9 Å². The van der Waals surface area contributed by atoms with E-state index in [-0.39, 0.29) is 11.8 Å². The normalized spacial score (nSPS) is 16.0. The second-order valence-corrected chi connectivity index (χ2v) is 10.6. The highest BCUT2D eigenvalue weighted by Gasteiger charge is 2.34. The van der Waals surface area contributed by atoms with E-state index in [9.17, 15) is 8.42 Å². The highest BCUT2D eigenvalue weighted by molar-refractivity contribution is 7.93. The van der Waals surface area contributed by atoms with Crippen LogP contribution < -0.4 is 9.46 Å². The summed E-state index contributed by atoms with van der Waals surface area (Å²) in [7, 11) is -1.03. The van der Waals surface area contributed by atoms with Gasteiger partial charge in [0.1, 0.15) is 17.0 Å². The molecule has 0 radical (unpaired) electrons. The van der Waals surface area contributed by atoms with Crippen molar-refractivity contribution in [2.24, 2.45) is 5.92 Å². The third-order valence-electron chi connectivity index (χ3n) is 5.88. The van der Waals surface area contributed by atoms with Crippen LogP contribution in [0.3, 0.4) is 0 Å². The molecule has 13 heteroatoms. The molecule has 1 saturated carbocycles.